The number of aromatic nitrogens is 1. The number of nitrogens with zero attached hydrogens (tertiary/aromatic N) is 1. The summed E-state index contributed by atoms with van der Waals surface area (Å²) in [5, 5.41) is 24.2. The predicted octanol–water partition coefficient (Wildman–Crippen LogP) is 2.64. The first kappa shape index (κ1) is 9.90. The average Bonchev–Trinajstić information content (AvgIpc) is 2.31. The van der Waals surface area contributed by atoms with E-state index in [0.717, 1.165) is 26.5 Å². The molecular formula is C14H11NO2. The van der Waals surface area contributed by atoms with E-state index in [0.29, 0.717) is 5.52 Å². The van der Waals surface area contributed by atoms with E-state index < -0.39 is 0 Å². The first-order valence-corrected chi connectivity index (χ1v) is 5.41. The summed E-state index contributed by atoms with van der Waals surface area (Å²) in [5.41, 5.74) is 1.41. The monoisotopic (exact) mass is 225 g/mol. The summed E-state index contributed by atoms with van der Waals surface area (Å²) >= 11 is 0. The molecule has 2 aromatic carbocycles. The van der Waals surface area contributed by atoms with Gasteiger partial charge in [-0.3, -0.25) is 0 Å². The minimum Gasteiger partial charge on any atom is -0.618 e. The van der Waals surface area contributed by atoms with Crippen LogP contribution in [0.15, 0.2) is 42.6 Å². The zero-order valence-electron chi connectivity index (χ0n) is 9.34. The Morgan fingerprint density at radius 3 is 2.71 bits per heavy atom. The molecule has 3 rings (SSSR count). The fraction of sp³-hybridized carbons (Fsp3) is 0.0714. The summed E-state index contributed by atoms with van der Waals surface area (Å²) < 4.78 is 0.840. The molecular weight excluding hydrogens is 214 g/mol. The Bertz CT molecular complexity index is 735. The maximum Gasteiger partial charge on any atom is 0.231 e. The molecule has 1 N–H and O–H groups in total. The van der Waals surface area contributed by atoms with E-state index in [9.17, 15) is 10.3 Å². The van der Waals surface area contributed by atoms with E-state index >= 15 is 0 Å². The van der Waals surface area contributed by atoms with E-state index in [4.69, 9.17) is 0 Å². The highest BCUT2D eigenvalue weighted by molar-refractivity contribution is 6.04. The highest BCUT2D eigenvalue weighted by Crippen LogP contribution is 2.28. The van der Waals surface area contributed by atoms with Crippen LogP contribution in [0.4, 0.5) is 0 Å². The molecule has 0 saturated heterocycles. The van der Waals surface area contributed by atoms with Gasteiger partial charge in [0.25, 0.3) is 0 Å². The molecule has 0 saturated carbocycles. The van der Waals surface area contributed by atoms with Crippen LogP contribution in [0.5, 0.6) is 5.75 Å². The molecule has 0 aliphatic carbocycles. The minimum absolute atomic E-state index is 0.217. The predicted molar refractivity (Wildman–Crippen MR) is 66.8 cm³/mol. The lowest BCUT2D eigenvalue weighted by molar-refractivity contribution is -0.576. The van der Waals surface area contributed by atoms with Crippen molar-refractivity contribution in [3.8, 4) is 5.75 Å². The second-order valence-electron chi connectivity index (χ2n) is 4.20. The summed E-state index contributed by atoms with van der Waals surface area (Å²) in [6, 6.07) is 11.0. The summed E-state index contributed by atoms with van der Waals surface area (Å²) in [6.45, 7) is 1.84. The van der Waals surface area contributed by atoms with Crippen LogP contribution in [0.25, 0.3) is 21.7 Å². The fourth-order valence-corrected chi connectivity index (χ4v) is 2.16. The minimum atomic E-state index is 0.217. The number of hydrogen-bond donors (Lipinski definition) is 1. The van der Waals surface area contributed by atoms with Gasteiger partial charge in [-0.25, -0.2) is 0 Å². The SMILES string of the molecule is Cc1cc2ccc3ccc[n+]([O-])c3c2cc1O. The second kappa shape index (κ2) is 3.35. The normalized spacial score (nSPS) is 11.1. The number of hydrogen-bond acceptors (Lipinski definition) is 2. The molecule has 0 atom stereocenters. The number of phenolic OH excluding ortho intramolecular Hbond substituents is 1. The van der Waals surface area contributed by atoms with Crippen LogP contribution >= 0.6 is 0 Å². The highest BCUT2D eigenvalue weighted by Gasteiger charge is 2.10. The second-order valence-corrected chi connectivity index (χ2v) is 4.20. The average molecular weight is 225 g/mol. The number of fused-ring (bicyclic) bond motifs is 3. The third-order valence-electron chi connectivity index (χ3n) is 3.06. The maximum absolute atomic E-state index is 11.8. The van der Waals surface area contributed by atoms with E-state index in [2.05, 4.69) is 0 Å². The van der Waals surface area contributed by atoms with Crippen molar-refractivity contribution in [3.05, 3.63) is 53.4 Å². The smallest absolute Gasteiger partial charge is 0.231 e. The lowest BCUT2D eigenvalue weighted by atomic mass is 10.0. The third-order valence-corrected chi connectivity index (χ3v) is 3.06. The Balaban J connectivity index is 2.59. The van der Waals surface area contributed by atoms with Crippen LogP contribution in [0.3, 0.4) is 0 Å². The molecule has 3 aromatic rings. The van der Waals surface area contributed by atoms with Gasteiger partial charge in [-0.2, -0.15) is 4.73 Å². The topological polar surface area (TPSA) is 47.2 Å². The van der Waals surface area contributed by atoms with Crippen molar-refractivity contribution in [2.24, 2.45) is 0 Å². The van der Waals surface area contributed by atoms with Crippen molar-refractivity contribution < 1.29 is 9.84 Å². The van der Waals surface area contributed by atoms with Gasteiger partial charge >= 0.3 is 0 Å². The number of rotatable bonds is 0. The van der Waals surface area contributed by atoms with Crippen molar-refractivity contribution in [3.63, 3.8) is 0 Å². The molecule has 17 heavy (non-hydrogen) atoms. The van der Waals surface area contributed by atoms with E-state index in [1.807, 2.05) is 31.2 Å². The lowest BCUT2D eigenvalue weighted by Gasteiger charge is -2.06. The van der Waals surface area contributed by atoms with E-state index in [1.54, 1.807) is 12.1 Å². The first-order chi connectivity index (χ1) is 8.16. The third kappa shape index (κ3) is 1.40. The Morgan fingerprint density at radius 2 is 1.88 bits per heavy atom. The molecule has 0 aliphatic heterocycles. The van der Waals surface area contributed by atoms with Crippen molar-refractivity contribution in [1.82, 2.24) is 0 Å². The van der Waals surface area contributed by atoms with Crippen molar-refractivity contribution in [1.29, 1.82) is 0 Å². The molecule has 3 nitrogen and oxygen atoms in total. The quantitative estimate of drug-likeness (QED) is 0.363. The Hall–Kier alpha value is -2.29. The molecule has 0 aliphatic rings. The highest BCUT2D eigenvalue weighted by atomic mass is 16.5. The van der Waals surface area contributed by atoms with Gasteiger partial charge in [-0.15, -0.1) is 0 Å². The van der Waals surface area contributed by atoms with Crippen molar-refractivity contribution in [2.75, 3.05) is 0 Å². The Labute approximate surface area is 98.1 Å². The molecule has 0 spiro atoms. The van der Waals surface area contributed by atoms with Gasteiger partial charge in [-0.1, -0.05) is 6.07 Å². The van der Waals surface area contributed by atoms with Crippen LogP contribution in [-0.4, -0.2) is 5.11 Å². The molecule has 1 heterocycles. The lowest BCUT2D eigenvalue weighted by Crippen LogP contribution is -2.25. The van der Waals surface area contributed by atoms with Crippen LogP contribution in [0, 0.1) is 12.1 Å². The molecule has 84 valence electrons. The summed E-state index contributed by atoms with van der Waals surface area (Å²) in [7, 11) is 0. The maximum atomic E-state index is 11.8. The van der Waals surface area contributed by atoms with Gasteiger partial charge in [0.15, 0.2) is 6.20 Å². The van der Waals surface area contributed by atoms with Crippen LogP contribution in [0.2, 0.25) is 0 Å². The van der Waals surface area contributed by atoms with Crippen molar-refractivity contribution in [2.45, 2.75) is 6.92 Å². The number of benzene rings is 2. The first-order valence-electron chi connectivity index (χ1n) is 5.41. The number of aromatic hydroxyl groups is 1. The molecule has 0 bridgehead atoms. The molecule has 1 aromatic heterocycles. The fourth-order valence-electron chi connectivity index (χ4n) is 2.16. The van der Waals surface area contributed by atoms with Gasteiger partial charge in [0.05, 0.1) is 5.39 Å². The summed E-state index contributed by atoms with van der Waals surface area (Å²) in [4.78, 5) is 0. The number of aryl methyl sites for hydroxylation is 1. The van der Waals surface area contributed by atoms with Crippen LogP contribution in [-0.2, 0) is 0 Å². The molecule has 0 fully saturated rings. The largest absolute Gasteiger partial charge is 0.618 e. The standard InChI is InChI=1S/C14H11NO2/c1-9-7-11-5-4-10-3-2-6-15(17)14(10)12(11)8-13(9)16/h2-8,16H,1H3. The van der Waals surface area contributed by atoms with Gasteiger partial charge < -0.3 is 10.3 Å². The molecule has 3 heteroatoms. The summed E-state index contributed by atoms with van der Waals surface area (Å²) in [5.74, 6) is 0.217. The van der Waals surface area contributed by atoms with Crippen LogP contribution < -0.4 is 4.73 Å². The van der Waals surface area contributed by atoms with E-state index in [1.165, 1.54) is 6.20 Å². The van der Waals surface area contributed by atoms with Crippen LogP contribution in [0.1, 0.15) is 5.56 Å². The van der Waals surface area contributed by atoms with Gasteiger partial charge in [0.2, 0.25) is 5.52 Å². The zero-order chi connectivity index (χ0) is 12.0. The van der Waals surface area contributed by atoms with Crippen molar-refractivity contribution >= 4 is 21.7 Å². The number of pyridine rings is 1. The summed E-state index contributed by atoms with van der Waals surface area (Å²) in [6.07, 6.45) is 1.47. The van der Waals surface area contributed by atoms with Gasteiger partial charge in [-0.05, 0) is 42.1 Å². The van der Waals surface area contributed by atoms with Gasteiger partial charge in [0, 0.05) is 11.5 Å². The Kier molecular flexibility index (Phi) is 1.95. The van der Waals surface area contributed by atoms with Gasteiger partial charge in [0.1, 0.15) is 5.75 Å². The zero-order valence-corrected chi connectivity index (χ0v) is 9.34. The molecule has 0 amide bonds. The Morgan fingerprint density at radius 1 is 1.12 bits per heavy atom. The van der Waals surface area contributed by atoms with E-state index in [-0.39, 0.29) is 5.75 Å². The molecule has 0 unspecified atom stereocenters. The number of phenols is 1. The molecule has 0 radical (unpaired) electrons.